The van der Waals surface area contributed by atoms with Gasteiger partial charge < -0.3 is 14.5 Å². The van der Waals surface area contributed by atoms with Crippen LogP contribution in [-0.4, -0.2) is 47.9 Å². The number of aryl methyl sites for hydroxylation is 2. The average Bonchev–Trinajstić information content (AvgIpc) is 3.55. The molecule has 194 valence electrons. The highest BCUT2D eigenvalue weighted by Crippen LogP contribution is 2.41. The zero-order chi connectivity index (χ0) is 26.3. The molecule has 1 aliphatic rings. The Morgan fingerprint density at radius 3 is 2.34 bits per heavy atom. The average molecular weight is 529 g/mol. The highest BCUT2D eigenvalue weighted by molar-refractivity contribution is 7.92. The Morgan fingerprint density at radius 1 is 0.921 bits per heavy atom. The predicted molar refractivity (Wildman–Crippen MR) is 145 cm³/mol. The van der Waals surface area contributed by atoms with Crippen LogP contribution in [0, 0.1) is 13.8 Å². The first kappa shape index (κ1) is 24.4. The van der Waals surface area contributed by atoms with Crippen LogP contribution in [-0.2, 0) is 14.6 Å². The summed E-state index contributed by atoms with van der Waals surface area (Å²) in [4.78, 5) is 8.22. The van der Waals surface area contributed by atoms with E-state index in [1.807, 2.05) is 56.4 Å². The van der Waals surface area contributed by atoms with Crippen molar-refractivity contribution < 1.29 is 17.9 Å². The van der Waals surface area contributed by atoms with Gasteiger partial charge in [0.25, 0.3) is 0 Å². The smallest absolute Gasteiger partial charge is 0.208 e. The van der Waals surface area contributed by atoms with E-state index in [2.05, 4.69) is 20.2 Å². The Balaban J connectivity index is 1.51. The van der Waals surface area contributed by atoms with Gasteiger partial charge in [0.1, 0.15) is 17.5 Å². The minimum atomic E-state index is -3.92. The second-order valence-corrected chi connectivity index (χ2v) is 11.5. The van der Waals surface area contributed by atoms with Gasteiger partial charge in [0.05, 0.1) is 28.7 Å². The molecule has 6 rings (SSSR count). The maximum Gasteiger partial charge on any atom is 0.208 e. The number of aromatic nitrogens is 4. The molecule has 2 N–H and O–H groups in total. The van der Waals surface area contributed by atoms with Gasteiger partial charge >= 0.3 is 0 Å². The molecule has 9 heteroatoms. The van der Waals surface area contributed by atoms with E-state index in [9.17, 15) is 8.42 Å². The van der Waals surface area contributed by atoms with Gasteiger partial charge in [-0.1, -0.05) is 29.8 Å². The highest BCUT2D eigenvalue weighted by atomic mass is 32.2. The summed E-state index contributed by atoms with van der Waals surface area (Å²) in [6, 6.07) is 14.7. The van der Waals surface area contributed by atoms with Crippen molar-refractivity contribution >= 4 is 20.9 Å². The number of nitrogens with one attached hydrogen (secondary N) is 2. The molecular formula is C29H28N4O4S. The molecule has 0 bridgehead atoms. The number of aromatic amines is 2. The van der Waals surface area contributed by atoms with E-state index in [1.54, 1.807) is 24.5 Å². The van der Waals surface area contributed by atoms with Crippen LogP contribution in [0.2, 0.25) is 0 Å². The van der Waals surface area contributed by atoms with Crippen LogP contribution in [0.5, 0.6) is 5.75 Å². The molecule has 0 spiro atoms. The molecule has 1 aliphatic heterocycles. The molecule has 0 saturated carbocycles. The largest absolute Gasteiger partial charge is 0.490 e. The van der Waals surface area contributed by atoms with Crippen molar-refractivity contribution in [2.75, 3.05) is 13.2 Å². The molecule has 38 heavy (non-hydrogen) atoms. The Labute approximate surface area is 221 Å². The third-order valence-electron chi connectivity index (χ3n) is 7.01. The van der Waals surface area contributed by atoms with E-state index in [0.29, 0.717) is 41.1 Å². The molecule has 0 amide bonds. The second-order valence-electron chi connectivity index (χ2n) is 9.58. The number of pyridine rings is 1. The van der Waals surface area contributed by atoms with Gasteiger partial charge in [0.2, 0.25) is 9.84 Å². The van der Waals surface area contributed by atoms with Crippen molar-refractivity contribution in [1.82, 2.24) is 20.2 Å². The van der Waals surface area contributed by atoms with E-state index >= 15 is 0 Å². The summed E-state index contributed by atoms with van der Waals surface area (Å²) in [7, 11) is -3.92. The molecule has 1 saturated heterocycles. The second kappa shape index (κ2) is 9.74. The van der Waals surface area contributed by atoms with Crippen LogP contribution in [0.25, 0.3) is 33.3 Å². The number of hydrogen-bond acceptors (Lipinski definition) is 6. The lowest BCUT2D eigenvalue weighted by molar-refractivity contribution is 0.0256. The van der Waals surface area contributed by atoms with Gasteiger partial charge in [-0.15, -0.1) is 0 Å². The van der Waals surface area contributed by atoms with Gasteiger partial charge in [-0.3, -0.25) is 5.10 Å². The lowest BCUT2D eigenvalue weighted by Gasteiger charge is -2.23. The highest BCUT2D eigenvalue weighted by Gasteiger charge is 2.29. The minimum absolute atomic E-state index is 0.138. The van der Waals surface area contributed by atoms with Crippen LogP contribution in [0.4, 0.5) is 0 Å². The van der Waals surface area contributed by atoms with Gasteiger partial charge in [-0.2, -0.15) is 5.10 Å². The van der Waals surface area contributed by atoms with Crippen LogP contribution < -0.4 is 4.74 Å². The number of H-pyrrole nitrogens is 2. The number of benzene rings is 2. The summed E-state index contributed by atoms with van der Waals surface area (Å²) in [6.07, 6.45) is 7.00. The zero-order valence-electron chi connectivity index (χ0n) is 21.2. The summed E-state index contributed by atoms with van der Waals surface area (Å²) in [5, 5.41) is 7.62. The molecule has 2 aromatic carbocycles. The van der Waals surface area contributed by atoms with Crippen molar-refractivity contribution in [2.24, 2.45) is 0 Å². The predicted octanol–water partition coefficient (Wildman–Crippen LogP) is 5.63. The molecule has 8 nitrogen and oxygen atoms in total. The first-order valence-electron chi connectivity index (χ1n) is 12.6. The summed E-state index contributed by atoms with van der Waals surface area (Å²) in [5.74, 6) is 0.779. The van der Waals surface area contributed by atoms with Gasteiger partial charge in [0, 0.05) is 53.5 Å². The molecule has 0 atom stereocenters. The molecule has 5 aromatic rings. The third kappa shape index (κ3) is 4.37. The number of sulfone groups is 1. The lowest BCUT2D eigenvalue weighted by Crippen LogP contribution is -2.25. The maximum atomic E-state index is 14.2. The van der Waals surface area contributed by atoms with Crippen LogP contribution in [0.3, 0.4) is 0 Å². The molecule has 1 fully saturated rings. The third-order valence-corrected chi connectivity index (χ3v) is 8.87. The van der Waals surface area contributed by atoms with Crippen LogP contribution in [0.15, 0.2) is 76.9 Å². The topological polar surface area (TPSA) is 110 Å². The summed E-state index contributed by atoms with van der Waals surface area (Å²) < 4.78 is 40.0. The normalized spacial score (nSPS) is 14.7. The lowest BCUT2D eigenvalue weighted by atomic mass is 10.0. The first-order valence-corrected chi connectivity index (χ1v) is 14.1. The summed E-state index contributed by atoms with van der Waals surface area (Å²) >= 11 is 0. The van der Waals surface area contributed by atoms with Crippen molar-refractivity contribution in [2.45, 2.75) is 42.6 Å². The molecule has 0 unspecified atom stereocenters. The molecular weight excluding hydrogens is 500 g/mol. The Hall–Kier alpha value is -3.95. The van der Waals surface area contributed by atoms with Crippen molar-refractivity contribution in [1.29, 1.82) is 0 Å². The fourth-order valence-corrected chi connectivity index (χ4v) is 6.59. The van der Waals surface area contributed by atoms with Gasteiger partial charge in [-0.25, -0.2) is 13.4 Å². The summed E-state index contributed by atoms with van der Waals surface area (Å²) in [5.41, 5.74) is 4.98. The Kier molecular flexibility index (Phi) is 6.25. The van der Waals surface area contributed by atoms with E-state index in [1.165, 1.54) is 0 Å². The molecule has 3 aromatic heterocycles. The zero-order valence-corrected chi connectivity index (χ0v) is 22.0. The van der Waals surface area contributed by atoms with E-state index in [4.69, 9.17) is 9.47 Å². The number of hydrogen-bond donors (Lipinski definition) is 2. The SMILES string of the molecule is Cc1ccc(S(=O)(=O)c2c(-c3c[nH]nc3C)cnc3[nH]cc(-c4ccc(OC5CCOCC5)cc4)c23)cc1. The number of fused-ring (bicyclic) bond motifs is 1. The molecule has 0 aliphatic carbocycles. The van der Waals surface area contributed by atoms with E-state index in [-0.39, 0.29) is 15.9 Å². The van der Waals surface area contributed by atoms with Crippen LogP contribution >= 0.6 is 0 Å². The van der Waals surface area contributed by atoms with Crippen molar-refractivity contribution in [3.63, 3.8) is 0 Å². The Morgan fingerprint density at radius 2 is 1.66 bits per heavy atom. The monoisotopic (exact) mass is 528 g/mol. The first-order chi connectivity index (χ1) is 18.4. The number of rotatable bonds is 6. The number of ether oxygens (including phenoxy) is 2. The molecule has 0 radical (unpaired) electrons. The van der Waals surface area contributed by atoms with E-state index in [0.717, 1.165) is 35.3 Å². The van der Waals surface area contributed by atoms with E-state index < -0.39 is 9.84 Å². The quantitative estimate of drug-likeness (QED) is 0.296. The van der Waals surface area contributed by atoms with Gasteiger partial charge in [0.15, 0.2) is 0 Å². The van der Waals surface area contributed by atoms with Crippen LogP contribution in [0.1, 0.15) is 24.1 Å². The minimum Gasteiger partial charge on any atom is -0.490 e. The van der Waals surface area contributed by atoms with Gasteiger partial charge in [-0.05, 0) is 43.7 Å². The number of nitrogens with zero attached hydrogens (tertiary/aromatic N) is 2. The van der Waals surface area contributed by atoms with Crippen molar-refractivity contribution in [3.8, 4) is 28.0 Å². The fraction of sp³-hybridized carbons (Fsp3) is 0.241. The van der Waals surface area contributed by atoms with Crippen molar-refractivity contribution in [3.05, 3.63) is 78.4 Å². The fourth-order valence-electron chi connectivity index (χ4n) is 4.93. The Bertz CT molecular complexity index is 1700. The molecule has 4 heterocycles. The standard InChI is InChI=1S/C29H28N4O4S/c1-18-3-9-23(10-4-18)38(34,35)28-26(24-17-32-33-19(24)2)16-31-29-27(28)25(15-30-29)20-5-7-21(8-6-20)37-22-11-13-36-14-12-22/h3-10,15-17,22H,11-14H2,1-2H3,(H,30,31)(H,32,33). The maximum absolute atomic E-state index is 14.2. The summed E-state index contributed by atoms with van der Waals surface area (Å²) in [6.45, 7) is 5.19.